The van der Waals surface area contributed by atoms with Crippen molar-refractivity contribution >= 4 is 11.3 Å². The maximum absolute atomic E-state index is 5.40. The predicted octanol–water partition coefficient (Wildman–Crippen LogP) is 3.17. The minimum Gasteiger partial charge on any atom is -0.449 e. The summed E-state index contributed by atoms with van der Waals surface area (Å²) in [5.41, 5.74) is 1.02. The van der Waals surface area contributed by atoms with E-state index < -0.39 is 0 Å². The molecule has 22 heavy (non-hydrogen) atoms. The van der Waals surface area contributed by atoms with Crippen molar-refractivity contribution in [2.75, 3.05) is 13.1 Å². The minimum atomic E-state index is 0.426. The van der Waals surface area contributed by atoms with Crippen LogP contribution in [0.2, 0.25) is 0 Å². The Hall–Kier alpha value is -1.99. The van der Waals surface area contributed by atoms with Gasteiger partial charge in [-0.1, -0.05) is 5.16 Å². The van der Waals surface area contributed by atoms with Gasteiger partial charge >= 0.3 is 0 Å². The van der Waals surface area contributed by atoms with Crippen LogP contribution in [0.15, 0.2) is 38.2 Å². The van der Waals surface area contributed by atoms with E-state index in [0.29, 0.717) is 24.2 Å². The first-order valence-corrected chi connectivity index (χ1v) is 8.29. The van der Waals surface area contributed by atoms with E-state index in [1.165, 1.54) is 0 Å². The third kappa shape index (κ3) is 2.82. The van der Waals surface area contributed by atoms with Crippen molar-refractivity contribution in [1.82, 2.24) is 20.0 Å². The Kier molecular flexibility index (Phi) is 3.74. The van der Waals surface area contributed by atoms with Crippen LogP contribution < -0.4 is 0 Å². The second-order valence-electron chi connectivity index (χ2n) is 5.44. The molecule has 0 amide bonds. The molecule has 0 saturated carbocycles. The van der Waals surface area contributed by atoms with Gasteiger partial charge in [-0.05, 0) is 37.4 Å². The monoisotopic (exact) mass is 316 g/mol. The summed E-state index contributed by atoms with van der Waals surface area (Å²) in [7, 11) is 0. The van der Waals surface area contributed by atoms with Crippen molar-refractivity contribution in [2.24, 2.45) is 0 Å². The Morgan fingerprint density at radius 1 is 1.32 bits per heavy atom. The van der Waals surface area contributed by atoms with Crippen LogP contribution >= 0.6 is 11.3 Å². The van der Waals surface area contributed by atoms with Gasteiger partial charge in [-0.2, -0.15) is 16.3 Å². The molecule has 0 radical (unpaired) electrons. The van der Waals surface area contributed by atoms with Gasteiger partial charge in [0, 0.05) is 16.9 Å². The summed E-state index contributed by atoms with van der Waals surface area (Å²) < 4.78 is 10.8. The number of rotatable bonds is 4. The third-order valence-electron chi connectivity index (χ3n) is 3.99. The quantitative estimate of drug-likeness (QED) is 0.736. The second-order valence-corrected chi connectivity index (χ2v) is 6.22. The van der Waals surface area contributed by atoms with Crippen LogP contribution in [0.25, 0.3) is 11.4 Å². The highest BCUT2D eigenvalue weighted by Gasteiger charge is 2.24. The molecular formula is C15H16N4O2S. The van der Waals surface area contributed by atoms with E-state index in [9.17, 15) is 0 Å². The van der Waals surface area contributed by atoms with Gasteiger partial charge in [-0.25, -0.2) is 4.98 Å². The van der Waals surface area contributed by atoms with Gasteiger partial charge in [-0.3, -0.25) is 4.90 Å². The lowest BCUT2D eigenvalue weighted by Crippen LogP contribution is -2.32. The van der Waals surface area contributed by atoms with Crippen molar-refractivity contribution in [3.8, 4) is 11.4 Å². The molecule has 114 valence electrons. The largest absolute Gasteiger partial charge is 0.449 e. The summed E-state index contributed by atoms with van der Waals surface area (Å²) in [4.78, 5) is 11.1. The van der Waals surface area contributed by atoms with Crippen LogP contribution in [-0.4, -0.2) is 33.1 Å². The number of thiophene rings is 1. The van der Waals surface area contributed by atoms with Crippen LogP contribution in [0.4, 0.5) is 0 Å². The molecule has 1 aliphatic rings. The van der Waals surface area contributed by atoms with E-state index in [-0.39, 0.29) is 0 Å². The molecular weight excluding hydrogens is 300 g/mol. The number of hydrogen-bond donors (Lipinski definition) is 0. The number of piperidine rings is 1. The Balaban J connectivity index is 1.35. The summed E-state index contributed by atoms with van der Waals surface area (Å²) in [6.07, 6.45) is 5.45. The van der Waals surface area contributed by atoms with Crippen LogP contribution in [0, 0.1) is 0 Å². The fourth-order valence-corrected chi connectivity index (χ4v) is 3.43. The molecule has 1 saturated heterocycles. The average Bonchev–Trinajstić information content (AvgIpc) is 3.30. The molecule has 0 atom stereocenters. The molecule has 4 heterocycles. The molecule has 0 aromatic carbocycles. The summed E-state index contributed by atoms with van der Waals surface area (Å²) in [5.74, 6) is 2.63. The molecule has 3 aromatic rings. The van der Waals surface area contributed by atoms with Crippen LogP contribution in [0.1, 0.15) is 30.5 Å². The standard InChI is InChI=1S/C15H16N4O2S/c1-5-19(6-2-11(1)15-16-4-7-20-15)9-13-17-14(18-21-13)12-3-8-22-10-12/h3-4,7-8,10-11H,1-2,5-6,9H2. The van der Waals surface area contributed by atoms with Gasteiger partial charge in [0.1, 0.15) is 6.26 Å². The fraction of sp³-hybridized carbons (Fsp3) is 0.400. The van der Waals surface area contributed by atoms with Gasteiger partial charge in [-0.15, -0.1) is 0 Å². The first-order chi connectivity index (χ1) is 10.9. The molecule has 3 aromatic heterocycles. The summed E-state index contributed by atoms with van der Waals surface area (Å²) in [6.45, 7) is 2.68. The van der Waals surface area contributed by atoms with Crippen molar-refractivity contribution in [3.63, 3.8) is 0 Å². The number of hydrogen-bond acceptors (Lipinski definition) is 7. The van der Waals surface area contributed by atoms with Crippen molar-refractivity contribution in [2.45, 2.75) is 25.3 Å². The van der Waals surface area contributed by atoms with Gasteiger partial charge in [0.05, 0.1) is 12.7 Å². The maximum atomic E-state index is 5.40. The van der Waals surface area contributed by atoms with E-state index in [0.717, 1.165) is 37.4 Å². The first-order valence-electron chi connectivity index (χ1n) is 7.35. The predicted molar refractivity (Wildman–Crippen MR) is 81.4 cm³/mol. The average molecular weight is 316 g/mol. The minimum absolute atomic E-state index is 0.426. The normalized spacial score (nSPS) is 17.1. The lowest BCUT2D eigenvalue weighted by molar-refractivity contribution is 0.172. The molecule has 7 heteroatoms. The zero-order chi connectivity index (χ0) is 14.8. The van der Waals surface area contributed by atoms with Gasteiger partial charge in [0.15, 0.2) is 5.89 Å². The number of aromatic nitrogens is 3. The molecule has 1 aliphatic heterocycles. The SMILES string of the molecule is c1coc(C2CCN(Cc3nc(-c4ccsc4)no3)CC2)n1. The summed E-state index contributed by atoms with van der Waals surface area (Å²) in [5, 5.41) is 8.09. The zero-order valence-electron chi connectivity index (χ0n) is 12.0. The molecule has 0 bridgehead atoms. The van der Waals surface area contributed by atoms with Gasteiger partial charge < -0.3 is 8.94 Å². The molecule has 0 unspecified atom stereocenters. The van der Waals surface area contributed by atoms with E-state index in [1.54, 1.807) is 23.8 Å². The van der Waals surface area contributed by atoms with E-state index in [2.05, 4.69) is 20.0 Å². The molecule has 6 nitrogen and oxygen atoms in total. The lowest BCUT2D eigenvalue weighted by atomic mass is 9.97. The fourth-order valence-electron chi connectivity index (χ4n) is 2.79. The van der Waals surface area contributed by atoms with E-state index in [4.69, 9.17) is 8.94 Å². The third-order valence-corrected chi connectivity index (χ3v) is 4.68. The number of oxazole rings is 1. The smallest absolute Gasteiger partial charge is 0.241 e. The topological polar surface area (TPSA) is 68.2 Å². The second kappa shape index (κ2) is 6.02. The first kappa shape index (κ1) is 13.7. The van der Waals surface area contributed by atoms with Crippen LogP contribution in [0.5, 0.6) is 0 Å². The van der Waals surface area contributed by atoms with Crippen molar-refractivity contribution < 1.29 is 8.94 Å². The Morgan fingerprint density at radius 3 is 2.95 bits per heavy atom. The van der Waals surface area contributed by atoms with Crippen LogP contribution in [-0.2, 0) is 6.54 Å². The summed E-state index contributed by atoms with van der Waals surface area (Å²) in [6, 6.07) is 2.00. The highest BCUT2D eigenvalue weighted by molar-refractivity contribution is 7.08. The molecule has 1 fully saturated rings. The molecule has 0 spiro atoms. The van der Waals surface area contributed by atoms with Crippen molar-refractivity contribution in [1.29, 1.82) is 0 Å². The molecule has 0 aliphatic carbocycles. The highest BCUT2D eigenvalue weighted by atomic mass is 32.1. The zero-order valence-corrected chi connectivity index (χ0v) is 12.8. The van der Waals surface area contributed by atoms with E-state index >= 15 is 0 Å². The maximum Gasteiger partial charge on any atom is 0.241 e. The summed E-state index contributed by atoms with van der Waals surface area (Å²) >= 11 is 1.63. The van der Waals surface area contributed by atoms with Gasteiger partial charge in [0.25, 0.3) is 0 Å². The van der Waals surface area contributed by atoms with Crippen molar-refractivity contribution in [3.05, 3.63) is 41.1 Å². The Morgan fingerprint density at radius 2 is 2.23 bits per heavy atom. The molecule has 0 N–H and O–H groups in total. The molecule has 4 rings (SSSR count). The number of likely N-dealkylation sites (tertiary alicyclic amines) is 1. The highest BCUT2D eigenvalue weighted by Crippen LogP contribution is 2.27. The lowest BCUT2D eigenvalue weighted by Gasteiger charge is -2.29. The van der Waals surface area contributed by atoms with Gasteiger partial charge in [0.2, 0.25) is 11.7 Å². The Labute approximate surface area is 131 Å². The van der Waals surface area contributed by atoms with E-state index in [1.807, 2.05) is 16.8 Å². The van der Waals surface area contributed by atoms with Crippen LogP contribution in [0.3, 0.4) is 0 Å². The Bertz CT molecular complexity index is 700. The number of nitrogens with zero attached hydrogens (tertiary/aromatic N) is 4.